The van der Waals surface area contributed by atoms with E-state index in [1.165, 1.54) is 32.2 Å². The van der Waals surface area contributed by atoms with Crippen LogP contribution in [0, 0.1) is 5.92 Å². The maximum atomic E-state index is 2.79. The van der Waals surface area contributed by atoms with Crippen LogP contribution in [0.15, 0.2) is 0 Å². The van der Waals surface area contributed by atoms with Crippen LogP contribution in [0.4, 0.5) is 0 Å². The lowest BCUT2D eigenvalue weighted by atomic mass is 9.94. The summed E-state index contributed by atoms with van der Waals surface area (Å²) in [7, 11) is 0. The first-order chi connectivity index (χ1) is 4.95. The third kappa shape index (κ3) is 0.531. The highest BCUT2D eigenvalue weighted by molar-refractivity contribution is 5.00. The van der Waals surface area contributed by atoms with Crippen LogP contribution in [0.25, 0.3) is 0 Å². The summed E-state index contributed by atoms with van der Waals surface area (Å²) in [5.74, 6) is 1.11. The standard InChI is InChI=1S/C9H15N/c1-2-8-3-4-9-7(1)5-6-10(8)9/h7-9H,1-6H2. The fraction of sp³-hybridized carbons (Fsp3) is 1.00. The molecule has 0 spiro atoms. The third-order valence-corrected chi connectivity index (χ3v) is 3.86. The van der Waals surface area contributed by atoms with Crippen molar-refractivity contribution in [3.63, 3.8) is 0 Å². The van der Waals surface area contributed by atoms with Gasteiger partial charge < -0.3 is 0 Å². The Labute approximate surface area is 62.4 Å². The Morgan fingerprint density at radius 3 is 2.70 bits per heavy atom. The van der Waals surface area contributed by atoms with E-state index in [0.29, 0.717) is 0 Å². The van der Waals surface area contributed by atoms with Crippen molar-refractivity contribution < 1.29 is 0 Å². The number of hydrogen-bond acceptors (Lipinski definition) is 1. The van der Waals surface area contributed by atoms with Gasteiger partial charge in [-0.1, -0.05) is 0 Å². The highest BCUT2D eigenvalue weighted by Crippen LogP contribution is 2.44. The fourth-order valence-electron chi connectivity index (χ4n) is 3.38. The molecule has 0 amide bonds. The normalized spacial score (nSPS) is 57.6. The van der Waals surface area contributed by atoms with Crippen LogP contribution in [-0.2, 0) is 0 Å². The molecule has 0 aromatic rings. The van der Waals surface area contributed by atoms with E-state index in [9.17, 15) is 0 Å². The van der Waals surface area contributed by atoms with Crippen LogP contribution >= 0.6 is 0 Å². The molecule has 0 aromatic carbocycles. The summed E-state index contributed by atoms with van der Waals surface area (Å²) in [6.45, 7) is 1.43. The van der Waals surface area contributed by atoms with E-state index in [1.54, 1.807) is 6.42 Å². The maximum absolute atomic E-state index is 2.79. The van der Waals surface area contributed by atoms with Crippen molar-refractivity contribution in [3.8, 4) is 0 Å². The molecule has 1 nitrogen and oxygen atoms in total. The minimum Gasteiger partial charge on any atom is -0.297 e. The first-order valence-corrected chi connectivity index (χ1v) is 4.71. The molecular weight excluding hydrogens is 122 g/mol. The highest BCUT2D eigenvalue weighted by atomic mass is 15.2. The van der Waals surface area contributed by atoms with E-state index in [-0.39, 0.29) is 0 Å². The highest BCUT2D eigenvalue weighted by Gasteiger charge is 2.45. The van der Waals surface area contributed by atoms with E-state index in [2.05, 4.69) is 4.90 Å². The van der Waals surface area contributed by atoms with Crippen LogP contribution in [-0.4, -0.2) is 23.5 Å². The Hall–Kier alpha value is -0.0400. The molecular formula is C9H15N. The van der Waals surface area contributed by atoms with Gasteiger partial charge in [-0.05, 0) is 44.6 Å². The first-order valence-electron chi connectivity index (χ1n) is 4.71. The molecule has 0 aromatic heterocycles. The fourth-order valence-corrected chi connectivity index (χ4v) is 3.38. The van der Waals surface area contributed by atoms with Gasteiger partial charge in [-0.25, -0.2) is 0 Å². The molecule has 3 aliphatic heterocycles. The molecule has 4 atom stereocenters. The molecule has 4 unspecified atom stereocenters. The molecule has 0 aliphatic carbocycles. The SMILES string of the molecule is C1CC2CCC3C1CCN23. The van der Waals surface area contributed by atoms with Gasteiger partial charge in [0.15, 0.2) is 0 Å². The second-order valence-corrected chi connectivity index (χ2v) is 4.16. The van der Waals surface area contributed by atoms with Crippen molar-refractivity contribution in [2.24, 2.45) is 5.92 Å². The largest absolute Gasteiger partial charge is 0.297 e. The lowest BCUT2D eigenvalue weighted by Gasteiger charge is -2.30. The van der Waals surface area contributed by atoms with Crippen LogP contribution in [0.3, 0.4) is 0 Å². The van der Waals surface area contributed by atoms with Gasteiger partial charge in [-0.3, -0.25) is 4.90 Å². The molecule has 4 bridgehead atoms. The van der Waals surface area contributed by atoms with Crippen LogP contribution in [0.2, 0.25) is 0 Å². The zero-order valence-corrected chi connectivity index (χ0v) is 6.42. The smallest absolute Gasteiger partial charge is 0.0127 e. The minimum absolute atomic E-state index is 1.02. The average molecular weight is 137 g/mol. The molecule has 56 valence electrons. The Kier molecular flexibility index (Phi) is 0.984. The molecule has 3 saturated heterocycles. The quantitative estimate of drug-likeness (QED) is 0.490. The van der Waals surface area contributed by atoms with E-state index in [1.807, 2.05) is 0 Å². The van der Waals surface area contributed by atoms with Crippen molar-refractivity contribution in [2.75, 3.05) is 6.54 Å². The topological polar surface area (TPSA) is 3.24 Å². The van der Waals surface area contributed by atoms with Gasteiger partial charge in [0, 0.05) is 12.1 Å². The average Bonchev–Trinajstić information content (AvgIpc) is 2.36. The molecule has 0 radical (unpaired) electrons. The predicted octanol–water partition coefficient (Wildman–Crippen LogP) is 1.63. The van der Waals surface area contributed by atoms with E-state index in [4.69, 9.17) is 0 Å². The summed E-state index contributed by atoms with van der Waals surface area (Å²) >= 11 is 0. The Morgan fingerprint density at radius 2 is 1.80 bits per heavy atom. The molecule has 1 heteroatoms. The number of piperidine rings is 1. The maximum Gasteiger partial charge on any atom is 0.0127 e. The molecule has 3 heterocycles. The Morgan fingerprint density at radius 1 is 0.900 bits per heavy atom. The summed E-state index contributed by atoms with van der Waals surface area (Å²) in [5.41, 5.74) is 0. The minimum atomic E-state index is 1.02. The monoisotopic (exact) mass is 137 g/mol. The summed E-state index contributed by atoms with van der Waals surface area (Å²) < 4.78 is 0. The van der Waals surface area contributed by atoms with E-state index < -0.39 is 0 Å². The Bertz CT molecular complexity index is 137. The Balaban J connectivity index is 1.97. The number of nitrogens with zero attached hydrogens (tertiary/aromatic N) is 1. The van der Waals surface area contributed by atoms with Crippen molar-refractivity contribution in [1.82, 2.24) is 4.90 Å². The van der Waals surface area contributed by atoms with Crippen LogP contribution in [0.5, 0.6) is 0 Å². The van der Waals surface area contributed by atoms with Crippen molar-refractivity contribution in [1.29, 1.82) is 0 Å². The van der Waals surface area contributed by atoms with Gasteiger partial charge in [-0.15, -0.1) is 0 Å². The van der Waals surface area contributed by atoms with E-state index in [0.717, 1.165) is 18.0 Å². The number of hydrogen-bond donors (Lipinski definition) is 0. The van der Waals surface area contributed by atoms with Gasteiger partial charge in [0.25, 0.3) is 0 Å². The van der Waals surface area contributed by atoms with Gasteiger partial charge >= 0.3 is 0 Å². The van der Waals surface area contributed by atoms with Gasteiger partial charge in [-0.2, -0.15) is 0 Å². The summed E-state index contributed by atoms with van der Waals surface area (Å²) in [6.07, 6.45) is 7.62. The lowest BCUT2D eigenvalue weighted by Crippen LogP contribution is -2.36. The van der Waals surface area contributed by atoms with E-state index >= 15 is 0 Å². The summed E-state index contributed by atoms with van der Waals surface area (Å²) in [4.78, 5) is 2.79. The predicted molar refractivity (Wildman–Crippen MR) is 40.9 cm³/mol. The van der Waals surface area contributed by atoms with Crippen LogP contribution < -0.4 is 0 Å². The molecule has 3 aliphatic rings. The zero-order valence-electron chi connectivity index (χ0n) is 6.42. The molecule has 3 rings (SSSR count). The molecule has 3 fully saturated rings. The molecule has 0 N–H and O–H groups in total. The van der Waals surface area contributed by atoms with Gasteiger partial charge in [0.05, 0.1) is 0 Å². The van der Waals surface area contributed by atoms with Crippen molar-refractivity contribution in [3.05, 3.63) is 0 Å². The zero-order chi connectivity index (χ0) is 6.55. The molecule has 10 heavy (non-hydrogen) atoms. The second kappa shape index (κ2) is 1.76. The van der Waals surface area contributed by atoms with Crippen molar-refractivity contribution in [2.45, 2.75) is 44.2 Å². The van der Waals surface area contributed by atoms with Crippen molar-refractivity contribution >= 4 is 0 Å². The lowest BCUT2D eigenvalue weighted by molar-refractivity contribution is 0.172. The summed E-state index contributed by atoms with van der Waals surface area (Å²) in [5, 5.41) is 0. The number of rotatable bonds is 0. The first kappa shape index (κ1) is 5.59. The van der Waals surface area contributed by atoms with Gasteiger partial charge in [0.2, 0.25) is 0 Å². The summed E-state index contributed by atoms with van der Waals surface area (Å²) in [6, 6.07) is 2.06. The van der Waals surface area contributed by atoms with Crippen LogP contribution in [0.1, 0.15) is 32.1 Å². The second-order valence-electron chi connectivity index (χ2n) is 4.16. The molecule has 0 saturated carbocycles. The van der Waals surface area contributed by atoms with Gasteiger partial charge in [0.1, 0.15) is 0 Å². The third-order valence-electron chi connectivity index (χ3n) is 3.86.